The Morgan fingerprint density at radius 3 is 3.00 bits per heavy atom. The van der Waals surface area contributed by atoms with E-state index in [1.165, 1.54) is 0 Å². The second-order valence-corrected chi connectivity index (χ2v) is 4.60. The number of hydrogen-bond donors (Lipinski definition) is 2. The third kappa shape index (κ3) is 2.54. The third-order valence-electron chi connectivity index (χ3n) is 2.59. The van der Waals surface area contributed by atoms with E-state index in [0.717, 1.165) is 36.1 Å². The summed E-state index contributed by atoms with van der Waals surface area (Å²) in [6.07, 6.45) is 2.99. The average molecular weight is 238 g/mol. The van der Waals surface area contributed by atoms with Gasteiger partial charge in [0.15, 0.2) is 0 Å². The summed E-state index contributed by atoms with van der Waals surface area (Å²) in [7, 11) is 0. The van der Waals surface area contributed by atoms with Crippen molar-refractivity contribution >= 4 is 22.6 Å². The molecule has 0 spiro atoms. The number of nitrogens with one attached hydrogen (secondary N) is 1. The second kappa shape index (κ2) is 4.85. The summed E-state index contributed by atoms with van der Waals surface area (Å²) in [6, 6.07) is 6.03. The van der Waals surface area contributed by atoms with Gasteiger partial charge in [0.2, 0.25) is 0 Å². The van der Waals surface area contributed by atoms with Gasteiger partial charge >= 0.3 is 0 Å². The Bertz CT molecular complexity index is 476. The highest BCUT2D eigenvalue weighted by Gasteiger charge is 2.05. The van der Waals surface area contributed by atoms with E-state index in [-0.39, 0.29) is 6.04 Å². The van der Waals surface area contributed by atoms with Crippen molar-refractivity contribution in [3.63, 3.8) is 0 Å². The molecule has 0 saturated heterocycles. The lowest BCUT2D eigenvalue weighted by molar-refractivity contribution is 0.616. The number of nitrogens with zero attached hydrogens (tertiary/aromatic N) is 1. The van der Waals surface area contributed by atoms with Gasteiger partial charge < -0.3 is 10.7 Å². The Kier molecular flexibility index (Phi) is 3.46. The maximum atomic E-state index is 6.05. The highest BCUT2D eigenvalue weighted by atomic mass is 35.5. The normalized spacial score (nSPS) is 13.2. The third-order valence-corrected chi connectivity index (χ3v) is 2.89. The quantitative estimate of drug-likeness (QED) is 0.859. The fraction of sp³-hybridized carbons (Fsp3) is 0.417. The van der Waals surface area contributed by atoms with E-state index >= 15 is 0 Å². The average Bonchev–Trinajstić information content (AvgIpc) is 2.61. The van der Waals surface area contributed by atoms with Crippen LogP contribution in [0, 0.1) is 0 Å². The number of H-pyrrole nitrogens is 1. The van der Waals surface area contributed by atoms with Crippen LogP contribution in [0.15, 0.2) is 18.2 Å². The number of fused-ring (bicyclic) bond motifs is 1. The van der Waals surface area contributed by atoms with Gasteiger partial charge in [0.1, 0.15) is 11.3 Å². The summed E-state index contributed by atoms with van der Waals surface area (Å²) in [5.74, 6) is 0.990. The summed E-state index contributed by atoms with van der Waals surface area (Å²) in [5.41, 5.74) is 7.57. The van der Waals surface area contributed by atoms with Crippen molar-refractivity contribution in [1.29, 1.82) is 0 Å². The fourth-order valence-corrected chi connectivity index (χ4v) is 1.97. The first-order valence-corrected chi connectivity index (χ1v) is 5.93. The predicted molar refractivity (Wildman–Crippen MR) is 67.7 cm³/mol. The maximum absolute atomic E-state index is 6.05. The van der Waals surface area contributed by atoms with Crippen LogP contribution in [0.2, 0.25) is 5.02 Å². The van der Waals surface area contributed by atoms with Crippen LogP contribution < -0.4 is 5.73 Å². The summed E-state index contributed by atoms with van der Waals surface area (Å²) in [5, 5.41) is 0.701. The van der Waals surface area contributed by atoms with Crippen LogP contribution in [0.25, 0.3) is 11.0 Å². The van der Waals surface area contributed by atoms with Gasteiger partial charge in [-0.1, -0.05) is 17.7 Å². The van der Waals surface area contributed by atoms with E-state index in [4.69, 9.17) is 17.3 Å². The van der Waals surface area contributed by atoms with Gasteiger partial charge in [-0.05, 0) is 31.9 Å². The molecule has 16 heavy (non-hydrogen) atoms. The lowest BCUT2D eigenvalue weighted by atomic mass is 10.1. The molecule has 1 atom stereocenters. The van der Waals surface area contributed by atoms with Crippen LogP contribution in [0.5, 0.6) is 0 Å². The van der Waals surface area contributed by atoms with Gasteiger partial charge in [0.05, 0.1) is 10.5 Å². The van der Waals surface area contributed by atoms with E-state index in [0.29, 0.717) is 5.02 Å². The van der Waals surface area contributed by atoms with Gasteiger partial charge in [-0.25, -0.2) is 4.98 Å². The lowest BCUT2D eigenvalue weighted by Gasteiger charge is -2.01. The second-order valence-electron chi connectivity index (χ2n) is 4.19. The Hall–Kier alpha value is -1.06. The van der Waals surface area contributed by atoms with E-state index in [2.05, 4.69) is 9.97 Å². The van der Waals surface area contributed by atoms with Gasteiger partial charge in [0.25, 0.3) is 0 Å². The zero-order valence-electron chi connectivity index (χ0n) is 9.33. The molecule has 2 rings (SSSR count). The van der Waals surface area contributed by atoms with Gasteiger partial charge in [-0.15, -0.1) is 0 Å². The minimum Gasteiger partial charge on any atom is -0.342 e. The zero-order chi connectivity index (χ0) is 11.5. The van der Waals surface area contributed by atoms with Crippen molar-refractivity contribution < 1.29 is 0 Å². The largest absolute Gasteiger partial charge is 0.342 e. The smallest absolute Gasteiger partial charge is 0.107 e. The molecule has 1 heterocycles. The number of aromatic amines is 1. The van der Waals surface area contributed by atoms with Crippen LogP contribution in [-0.4, -0.2) is 16.0 Å². The SMILES string of the molecule is CC(N)CCCc1nc2c(Cl)cccc2[nH]1. The number of para-hydroxylation sites is 1. The van der Waals surface area contributed by atoms with Crippen molar-refractivity contribution in [2.24, 2.45) is 5.73 Å². The molecule has 0 aliphatic heterocycles. The van der Waals surface area contributed by atoms with Crippen molar-refractivity contribution in [2.45, 2.75) is 32.2 Å². The van der Waals surface area contributed by atoms with Gasteiger partial charge in [-0.3, -0.25) is 0 Å². The Balaban J connectivity index is 2.11. The number of nitrogens with two attached hydrogens (primary N) is 1. The highest BCUT2D eigenvalue weighted by molar-refractivity contribution is 6.34. The van der Waals surface area contributed by atoms with Gasteiger partial charge in [-0.2, -0.15) is 0 Å². The van der Waals surface area contributed by atoms with Crippen molar-refractivity contribution in [1.82, 2.24) is 9.97 Å². The first-order valence-electron chi connectivity index (χ1n) is 5.55. The molecule has 1 unspecified atom stereocenters. The lowest BCUT2D eigenvalue weighted by Crippen LogP contribution is -2.14. The summed E-state index contributed by atoms with van der Waals surface area (Å²) in [4.78, 5) is 7.75. The number of aromatic nitrogens is 2. The Labute approximate surface area is 100 Å². The maximum Gasteiger partial charge on any atom is 0.107 e. The molecule has 0 bridgehead atoms. The van der Waals surface area contributed by atoms with E-state index in [9.17, 15) is 0 Å². The molecule has 3 N–H and O–H groups in total. The van der Waals surface area contributed by atoms with Crippen molar-refractivity contribution in [3.05, 3.63) is 29.0 Å². The first-order chi connectivity index (χ1) is 7.66. The first kappa shape index (κ1) is 11.4. The topological polar surface area (TPSA) is 54.7 Å². The molecule has 0 aliphatic carbocycles. The van der Waals surface area contributed by atoms with Crippen LogP contribution >= 0.6 is 11.6 Å². The zero-order valence-corrected chi connectivity index (χ0v) is 10.1. The van der Waals surface area contributed by atoms with E-state index in [1.807, 2.05) is 25.1 Å². The molecule has 0 fully saturated rings. The van der Waals surface area contributed by atoms with Crippen LogP contribution in [0.1, 0.15) is 25.6 Å². The molecule has 86 valence electrons. The monoisotopic (exact) mass is 237 g/mol. The molecule has 4 heteroatoms. The Morgan fingerprint density at radius 1 is 1.50 bits per heavy atom. The number of benzene rings is 1. The van der Waals surface area contributed by atoms with Crippen molar-refractivity contribution in [3.8, 4) is 0 Å². The van der Waals surface area contributed by atoms with E-state index < -0.39 is 0 Å². The molecule has 1 aromatic heterocycles. The van der Waals surface area contributed by atoms with Gasteiger partial charge in [0, 0.05) is 12.5 Å². The van der Waals surface area contributed by atoms with Crippen LogP contribution in [-0.2, 0) is 6.42 Å². The molecule has 0 aliphatic rings. The summed E-state index contributed by atoms with van der Waals surface area (Å²) < 4.78 is 0. The minimum absolute atomic E-state index is 0.257. The minimum atomic E-state index is 0.257. The fourth-order valence-electron chi connectivity index (χ4n) is 1.76. The number of halogens is 1. The number of rotatable bonds is 4. The Morgan fingerprint density at radius 2 is 2.31 bits per heavy atom. The molecule has 1 aromatic carbocycles. The van der Waals surface area contributed by atoms with Crippen LogP contribution in [0.4, 0.5) is 0 Å². The summed E-state index contributed by atoms with van der Waals surface area (Å²) in [6.45, 7) is 2.02. The highest BCUT2D eigenvalue weighted by Crippen LogP contribution is 2.21. The van der Waals surface area contributed by atoms with Crippen molar-refractivity contribution in [2.75, 3.05) is 0 Å². The molecule has 0 amide bonds. The number of imidazole rings is 1. The van der Waals surface area contributed by atoms with Crippen LogP contribution in [0.3, 0.4) is 0 Å². The number of aryl methyl sites for hydroxylation is 1. The van der Waals surface area contributed by atoms with E-state index in [1.54, 1.807) is 0 Å². The molecule has 2 aromatic rings. The standard InChI is InChI=1S/C12H16ClN3/c1-8(14)4-2-7-11-15-10-6-3-5-9(13)12(10)16-11/h3,5-6,8H,2,4,7,14H2,1H3,(H,15,16). The molecule has 0 saturated carbocycles. The molecule has 3 nitrogen and oxygen atoms in total. The molecular weight excluding hydrogens is 222 g/mol. The molecular formula is C12H16ClN3. The molecule has 0 radical (unpaired) electrons. The number of hydrogen-bond acceptors (Lipinski definition) is 2. The summed E-state index contributed by atoms with van der Waals surface area (Å²) >= 11 is 6.05. The predicted octanol–water partition coefficient (Wildman–Crippen LogP) is 2.89.